The van der Waals surface area contributed by atoms with Gasteiger partial charge in [-0.2, -0.15) is 0 Å². The van der Waals surface area contributed by atoms with Gasteiger partial charge >= 0.3 is 5.97 Å². The average Bonchev–Trinajstić information content (AvgIpc) is 3.01. The van der Waals surface area contributed by atoms with Crippen LogP contribution in [0.25, 0.3) is 5.69 Å². The molecule has 5 nitrogen and oxygen atoms in total. The first-order valence-corrected chi connectivity index (χ1v) is 6.78. The van der Waals surface area contributed by atoms with Gasteiger partial charge in [0, 0.05) is 30.7 Å². The van der Waals surface area contributed by atoms with Crippen LogP contribution in [0.2, 0.25) is 0 Å². The maximum Gasteiger partial charge on any atom is 0.326 e. The highest BCUT2D eigenvalue weighted by atomic mass is 16.4. The summed E-state index contributed by atoms with van der Waals surface area (Å²) in [4.78, 5) is 24.7. The van der Waals surface area contributed by atoms with Gasteiger partial charge in [-0.1, -0.05) is 6.92 Å². The minimum absolute atomic E-state index is 0.289. The Balaban J connectivity index is 2.18. The largest absolute Gasteiger partial charge is 0.480 e. The second kappa shape index (κ2) is 6.26. The van der Waals surface area contributed by atoms with Crippen LogP contribution in [0.5, 0.6) is 0 Å². The monoisotopic (exact) mass is 286 g/mol. The van der Waals surface area contributed by atoms with Crippen LogP contribution in [0.1, 0.15) is 23.7 Å². The Morgan fingerprint density at radius 1 is 1.19 bits per heavy atom. The molecule has 5 heteroatoms. The van der Waals surface area contributed by atoms with Gasteiger partial charge < -0.3 is 14.6 Å². The van der Waals surface area contributed by atoms with Gasteiger partial charge in [0.1, 0.15) is 6.04 Å². The Hall–Kier alpha value is -2.56. The molecular formula is C16H18N2O3. The number of likely N-dealkylation sites (N-methyl/N-ethyl adjacent to an activating group) is 1. The number of carbonyl (C=O) groups excluding carboxylic acids is 1. The third-order valence-corrected chi connectivity index (χ3v) is 3.48. The summed E-state index contributed by atoms with van der Waals surface area (Å²) >= 11 is 0. The van der Waals surface area contributed by atoms with Gasteiger partial charge in [-0.15, -0.1) is 0 Å². The molecule has 1 unspecified atom stereocenters. The zero-order chi connectivity index (χ0) is 15.4. The van der Waals surface area contributed by atoms with Crippen molar-refractivity contribution >= 4 is 11.9 Å². The number of carbonyl (C=O) groups is 2. The van der Waals surface area contributed by atoms with Crippen molar-refractivity contribution in [3.05, 3.63) is 54.4 Å². The van der Waals surface area contributed by atoms with Crippen molar-refractivity contribution in [1.29, 1.82) is 0 Å². The minimum atomic E-state index is -0.989. The number of hydrogen-bond donors (Lipinski definition) is 1. The summed E-state index contributed by atoms with van der Waals surface area (Å²) in [5, 5.41) is 9.11. The smallest absolute Gasteiger partial charge is 0.326 e. The van der Waals surface area contributed by atoms with E-state index >= 15 is 0 Å². The predicted octanol–water partition coefficient (Wildman–Crippen LogP) is 2.41. The number of carboxylic acids is 1. The van der Waals surface area contributed by atoms with Gasteiger partial charge in [-0.25, -0.2) is 4.79 Å². The molecule has 21 heavy (non-hydrogen) atoms. The Labute approximate surface area is 123 Å². The first kappa shape index (κ1) is 14.8. The molecular weight excluding hydrogens is 268 g/mol. The standard InChI is InChI=1S/C16H18N2O3/c1-3-14(16(20)21)17(2)15(19)12-6-8-13(9-7-12)18-10-4-5-11-18/h4-11,14H,3H2,1-2H3,(H,20,21). The Kier molecular flexibility index (Phi) is 4.42. The molecule has 0 saturated carbocycles. The summed E-state index contributed by atoms with van der Waals surface area (Å²) in [5.74, 6) is -1.28. The lowest BCUT2D eigenvalue weighted by atomic mass is 10.1. The maximum atomic E-state index is 12.3. The number of amides is 1. The van der Waals surface area contributed by atoms with Crippen molar-refractivity contribution in [1.82, 2.24) is 9.47 Å². The lowest BCUT2D eigenvalue weighted by Crippen LogP contribution is -2.41. The van der Waals surface area contributed by atoms with Crippen LogP contribution in [0.4, 0.5) is 0 Å². The molecule has 110 valence electrons. The van der Waals surface area contributed by atoms with Crippen molar-refractivity contribution in [3.63, 3.8) is 0 Å². The van der Waals surface area contributed by atoms with Crippen molar-refractivity contribution < 1.29 is 14.7 Å². The lowest BCUT2D eigenvalue weighted by Gasteiger charge is -2.23. The van der Waals surface area contributed by atoms with Crippen molar-refractivity contribution in [2.24, 2.45) is 0 Å². The van der Waals surface area contributed by atoms with Crippen LogP contribution in [0, 0.1) is 0 Å². The molecule has 1 heterocycles. The van der Waals surface area contributed by atoms with E-state index < -0.39 is 12.0 Å². The van der Waals surface area contributed by atoms with Gasteiger partial charge in [0.05, 0.1) is 0 Å². The van der Waals surface area contributed by atoms with Gasteiger partial charge in [0.25, 0.3) is 5.91 Å². The first-order valence-electron chi connectivity index (χ1n) is 6.78. The lowest BCUT2D eigenvalue weighted by molar-refractivity contribution is -0.142. The zero-order valence-electron chi connectivity index (χ0n) is 12.1. The molecule has 0 bridgehead atoms. The van der Waals surface area contributed by atoms with E-state index in [4.69, 9.17) is 5.11 Å². The Morgan fingerprint density at radius 3 is 2.24 bits per heavy atom. The number of carboxylic acid groups (broad SMARTS) is 1. The number of rotatable bonds is 5. The summed E-state index contributed by atoms with van der Waals surface area (Å²) in [6.07, 6.45) is 4.21. The SMILES string of the molecule is CCC(C(=O)O)N(C)C(=O)c1ccc(-n2cccc2)cc1. The molecule has 1 atom stereocenters. The summed E-state index contributed by atoms with van der Waals surface area (Å²) in [7, 11) is 1.52. The first-order chi connectivity index (χ1) is 10.0. The van der Waals surface area contributed by atoms with E-state index in [2.05, 4.69) is 0 Å². The molecule has 1 amide bonds. The fraction of sp³-hybridized carbons (Fsp3) is 0.250. The summed E-state index contributed by atoms with van der Waals surface area (Å²) in [6, 6.07) is 10.1. The molecule has 1 aromatic heterocycles. The highest BCUT2D eigenvalue weighted by molar-refractivity contribution is 5.96. The fourth-order valence-corrected chi connectivity index (χ4v) is 2.24. The molecule has 0 aliphatic rings. The zero-order valence-corrected chi connectivity index (χ0v) is 12.1. The van der Waals surface area contributed by atoms with Crippen LogP contribution >= 0.6 is 0 Å². The number of aromatic nitrogens is 1. The molecule has 2 aromatic rings. The van der Waals surface area contributed by atoms with E-state index in [1.165, 1.54) is 11.9 Å². The van der Waals surface area contributed by atoms with Gasteiger partial charge in [0.15, 0.2) is 0 Å². The van der Waals surface area contributed by atoms with E-state index in [-0.39, 0.29) is 5.91 Å². The molecule has 1 N–H and O–H groups in total. The number of benzene rings is 1. The van der Waals surface area contributed by atoms with Crippen LogP contribution in [0.15, 0.2) is 48.8 Å². The van der Waals surface area contributed by atoms with Crippen molar-refractivity contribution in [3.8, 4) is 5.69 Å². The average molecular weight is 286 g/mol. The minimum Gasteiger partial charge on any atom is -0.480 e. The second-order valence-electron chi connectivity index (χ2n) is 4.82. The van der Waals surface area contributed by atoms with E-state index in [1.54, 1.807) is 19.1 Å². The molecule has 1 aromatic carbocycles. The third-order valence-electron chi connectivity index (χ3n) is 3.48. The van der Waals surface area contributed by atoms with Crippen LogP contribution in [0.3, 0.4) is 0 Å². The highest BCUT2D eigenvalue weighted by Gasteiger charge is 2.25. The molecule has 0 aliphatic carbocycles. The number of hydrogen-bond acceptors (Lipinski definition) is 2. The van der Waals surface area contributed by atoms with Crippen LogP contribution < -0.4 is 0 Å². The molecule has 0 saturated heterocycles. The van der Waals surface area contributed by atoms with Gasteiger partial charge in [0.2, 0.25) is 0 Å². The molecule has 0 fully saturated rings. The highest BCUT2D eigenvalue weighted by Crippen LogP contribution is 2.13. The molecule has 0 spiro atoms. The second-order valence-corrected chi connectivity index (χ2v) is 4.82. The van der Waals surface area contributed by atoms with Crippen molar-refractivity contribution in [2.75, 3.05) is 7.05 Å². The molecule has 0 aliphatic heterocycles. The summed E-state index contributed by atoms with van der Waals surface area (Å²) < 4.78 is 1.93. The quantitative estimate of drug-likeness (QED) is 0.918. The van der Waals surface area contributed by atoms with Gasteiger partial charge in [-0.05, 0) is 42.8 Å². The number of nitrogens with zero attached hydrogens (tertiary/aromatic N) is 2. The summed E-state index contributed by atoms with van der Waals surface area (Å²) in [5.41, 5.74) is 1.43. The van der Waals surface area contributed by atoms with Crippen LogP contribution in [-0.2, 0) is 4.79 Å². The maximum absolute atomic E-state index is 12.3. The predicted molar refractivity (Wildman–Crippen MR) is 79.6 cm³/mol. The third kappa shape index (κ3) is 3.13. The van der Waals surface area contributed by atoms with Gasteiger partial charge in [-0.3, -0.25) is 4.79 Å². The van der Waals surface area contributed by atoms with E-state index in [0.29, 0.717) is 12.0 Å². The van der Waals surface area contributed by atoms with Crippen LogP contribution in [-0.4, -0.2) is 39.5 Å². The van der Waals surface area contributed by atoms with Crippen molar-refractivity contribution in [2.45, 2.75) is 19.4 Å². The van der Waals surface area contributed by atoms with E-state index in [9.17, 15) is 9.59 Å². The topological polar surface area (TPSA) is 62.5 Å². The summed E-state index contributed by atoms with van der Waals surface area (Å²) in [6.45, 7) is 1.75. The Morgan fingerprint density at radius 2 is 1.76 bits per heavy atom. The number of aliphatic carboxylic acids is 1. The van der Waals surface area contributed by atoms with E-state index in [0.717, 1.165) is 5.69 Å². The van der Waals surface area contributed by atoms with E-state index in [1.807, 2.05) is 41.2 Å². The fourth-order valence-electron chi connectivity index (χ4n) is 2.24. The Bertz CT molecular complexity index is 617. The molecule has 0 radical (unpaired) electrons. The normalized spacial score (nSPS) is 11.9. The molecule has 2 rings (SSSR count).